The maximum Gasteiger partial charge on any atom is 0.153 e. The molecular formula is C40H25N3O2. The van der Waals surface area contributed by atoms with E-state index in [-0.39, 0.29) is 0 Å². The number of para-hydroxylation sites is 3. The van der Waals surface area contributed by atoms with Gasteiger partial charge in [0.15, 0.2) is 5.58 Å². The molecule has 0 radical (unpaired) electrons. The number of aromatic nitrogens is 2. The average molecular weight is 580 g/mol. The van der Waals surface area contributed by atoms with Gasteiger partial charge in [-0.1, -0.05) is 78.9 Å². The van der Waals surface area contributed by atoms with Crippen LogP contribution in [0.25, 0.3) is 66.1 Å². The third-order valence-electron chi connectivity index (χ3n) is 8.49. The van der Waals surface area contributed by atoms with Gasteiger partial charge in [-0.25, -0.2) is 0 Å². The van der Waals surface area contributed by atoms with Gasteiger partial charge in [0.2, 0.25) is 0 Å². The van der Waals surface area contributed by atoms with Crippen molar-refractivity contribution < 1.29 is 8.83 Å². The second-order valence-corrected chi connectivity index (χ2v) is 11.1. The third-order valence-corrected chi connectivity index (χ3v) is 8.49. The fraction of sp³-hybridized carbons (Fsp3) is 0. The number of nitrogens with zero attached hydrogens (tertiary/aromatic N) is 3. The van der Waals surface area contributed by atoms with Crippen molar-refractivity contribution >= 4 is 60.9 Å². The van der Waals surface area contributed by atoms with E-state index in [4.69, 9.17) is 8.83 Å². The predicted molar refractivity (Wildman–Crippen MR) is 182 cm³/mol. The van der Waals surface area contributed by atoms with Gasteiger partial charge in [-0.2, -0.15) is 0 Å². The highest BCUT2D eigenvalue weighted by atomic mass is 16.3. The van der Waals surface area contributed by atoms with E-state index in [9.17, 15) is 0 Å². The topological polar surface area (TPSA) is 55.3 Å². The number of anilines is 3. The third kappa shape index (κ3) is 4.17. The zero-order valence-corrected chi connectivity index (χ0v) is 24.1. The Morgan fingerprint density at radius 1 is 0.400 bits per heavy atom. The van der Waals surface area contributed by atoms with Crippen molar-refractivity contribution in [2.75, 3.05) is 4.90 Å². The van der Waals surface area contributed by atoms with Gasteiger partial charge in [-0.15, -0.1) is 0 Å². The molecule has 0 amide bonds. The van der Waals surface area contributed by atoms with Gasteiger partial charge in [0.1, 0.15) is 16.7 Å². The smallest absolute Gasteiger partial charge is 0.153 e. The van der Waals surface area contributed by atoms with Crippen LogP contribution < -0.4 is 4.90 Å². The summed E-state index contributed by atoms with van der Waals surface area (Å²) in [5, 5.41) is 4.26. The molecule has 0 bridgehead atoms. The molecule has 0 aliphatic carbocycles. The van der Waals surface area contributed by atoms with E-state index >= 15 is 0 Å². The van der Waals surface area contributed by atoms with Crippen LogP contribution >= 0.6 is 0 Å². The minimum atomic E-state index is 0.795. The first-order valence-electron chi connectivity index (χ1n) is 14.9. The molecule has 5 heteroatoms. The van der Waals surface area contributed by atoms with Crippen LogP contribution in [0, 0.1) is 0 Å². The fourth-order valence-electron chi connectivity index (χ4n) is 6.35. The van der Waals surface area contributed by atoms with Crippen LogP contribution in [0.2, 0.25) is 0 Å². The highest BCUT2D eigenvalue weighted by Gasteiger charge is 2.17. The summed E-state index contributed by atoms with van der Waals surface area (Å²) >= 11 is 0. The summed E-state index contributed by atoms with van der Waals surface area (Å²) < 4.78 is 12.5. The number of rotatable bonds is 5. The monoisotopic (exact) mass is 579 g/mol. The SMILES string of the molecule is c1ccc(N(c2ccc(-c3cccc4c3oc3cnccc34)cc2)c2ccc(-c3cccc4c3oc3ccncc34)cc2)cc1. The van der Waals surface area contributed by atoms with Crippen molar-refractivity contribution in [2.45, 2.75) is 0 Å². The second-order valence-electron chi connectivity index (χ2n) is 11.1. The minimum absolute atomic E-state index is 0.795. The van der Waals surface area contributed by atoms with E-state index in [1.165, 1.54) is 0 Å². The zero-order valence-electron chi connectivity index (χ0n) is 24.1. The van der Waals surface area contributed by atoms with Crippen molar-refractivity contribution in [2.24, 2.45) is 0 Å². The van der Waals surface area contributed by atoms with Crippen molar-refractivity contribution in [3.8, 4) is 22.3 Å². The van der Waals surface area contributed by atoms with E-state index in [1.807, 2.05) is 24.4 Å². The van der Waals surface area contributed by atoms with E-state index in [1.54, 1.807) is 18.6 Å². The molecule has 212 valence electrons. The molecule has 0 N–H and O–H groups in total. The molecule has 0 saturated heterocycles. The number of hydrogen-bond acceptors (Lipinski definition) is 5. The van der Waals surface area contributed by atoms with Gasteiger partial charge < -0.3 is 13.7 Å². The highest BCUT2D eigenvalue weighted by Crippen LogP contribution is 2.40. The van der Waals surface area contributed by atoms with Gasteiger partial charge in [0, 0.05) is 68.3 Å². The minimum Gasteiger partial charge on any atom is -0.455 e. The molecule has 9 aromatic rings. The zero-order chi connectivity index (χ0) is 29.7. The normalized spacial score (nSPS) is 11.6. The Hall–Kier alpha value is -6.20. The number of hydrogen-bond donors (Lipinski definition) is 0. The maximum atomic E-state index is 6.29. The lowest BCUT2D eigenvalue weighted by Gasteiger charge is -2.26. The fourth-order valence-corrected chi connectivity index (χ4v) is 6.35. The maximum absolute atomic E-state index is 6.29. The van der Waals surface area contributed by atoms with Crippen LogP contribution in [-0.4, -0.2) is 9.97 Å². The molecule has 0 spiro atoms. The van der Waals surface area contributed by atoms with Crippen LogP contribution in [0.5, 0.6) is 0 Å². The van der Waals surface area contributed by atoms with Crippen molar-refractivity contribution in [3.05, 3.63) is 152 Å². The second kappa shape index (κ2) is 10.2. The van der Waals surface area contributed by atoms with Crippen molar-refractivity contribution in [1.82, 2.24) is 9.97 Å². The van der Waals surface area contributed by atoms with Gasteiger partial charge in [-0.05, 0) is 59.7 Å². The molecule has 4 heterocycles. The summed E-state index contributed by atoms with van der Waals surface area (Å²) in [4.78, 5) is 10.8. The highest BCUT2D eigenvalue weighted by molar-refractivity contribution is 6.10. The summed E-state index contributed by atoms with van der Waals surface area (Å²) in [5.41, 5.74) is 10.9. The summed E-state index contributed by atoms with van der Waals surface area (Å²) in [6.07, 6.45) is 7.22. The molecule has 0 aliphatic rings. The summed E-state index contributed by atoms with van der Waals surface area (Å²) in [7, 11) is 0. The van der Waals surface area contributed by atoms with Crippen LogP contribution in [0.3, 0.4) is 0 Å². The Balaban J connectivity index is 1.11. The summed E-state index contributed by atoms with van der Waals surface area (Å²) in [5.74, 6) is 0. The van der Waals surface area contributed by atoms with Crippen LogP contribution in [0.15, 0.2) is 161 Å². The predicted octanol–water partition coefficient (Wildman–Crippen LogP) is 11.1. The molecule has 0 unspecified atom stereocenters. The summed E-state index contributed by atoms with van der Waals surface area (Å²) in [6, 6.07) is 44.3. The lowest BCUT2D eigenvalue weighted by atomic mass is 10.0. The number of furan rings is 2. The van der Waals surface area contributed by atoms with E-state index in [0.29, 0.717) is 0 Å². The van der Waals surface area contributed by atoms with Crippen molar-refractivity contribution in [1.29, 1.82) is 0 Å². The van der Waals surface area contributed by atoms with Gasteiger partial charge in [0.05, 0.1) is 6.20 Å². The molecule has 45 heavy (non-hydrogen) atoms. The molecule has 5 aromatic carbocycles. The van der Waals surface area contributed by atoms with Gasteiger partial charge >= 0.3 is 0 Å². The van der Waals surface area contributed by atoms with Crippen LogP contribution in [0.4, 0.5) is 17.1 Å². The molecule has 4 aromatic heterocycles. The van der Waals surface area contributed by atoms with Crippen molar-refractivity contribution in [3.63, 3.8) is 0 Å². The van der Waals surface area contributed by atoms with Crippen LogP contribution in [0.1, 0.15) is 0 Å². The average Bonchev–Trinajstić information content (AvgIpc) is 3.68. The van der Waals surface area contributed by atoms with E-state index in [2.05, 4.69) is 124 Å². The standard InChI is InChI=1S/C40H25N3O2/c1-2-6-28(7-3-1)43(29-16-12-26(13-17-29)31-8-4-10-34-33-20-22-42-25-38(33)45-39(31)34)30-18-14-27(15-19-30)32-9-5-11-35-36-24-41-23-21-37(36)44-40(32)35/h1-25H. The molecule has 0 aliphatic heterocycles. The van der Waals surface area contributed by atoms with E-state index in [0.717, 1.165) is 83.2 Å². The lowest BCUT2D eigenvalue weighted by molar-refractivity contribution is 0.668. The molecular weight excluding hydrogens is 554 g/mol. The Bertz CT molecular complexity index is 2320. The molecule has 0 atom stereocenters. The van der Waals surface area contributed by atoms with Gasteiger partial charge in [-0.3, -0.25) is 9.97 Å². The Labute approximate surface area is 258 Å². The molecule has 0 saturated carbocycles. The first-order chi connectivity index (χ1) is 22.3. The molecule has 9 rings (SSSR count). The first-order valence-corrected chi connectivity index (χ1v) is 14.9. The number of fused-ring (bicyclic) bond motifs is 6. The summed E-state index contributed by atoms with van der Waals surface area (Å²) in [6.45, 7) is 0. The Morgan fingerprint density at radius 2 is 0.956 bits per heavy atom. The van der Waals surface area contributed by atoms with Gasteiger partial charge in [0.25, 0.3) is 0 Å². The van der Waals surface area contributed by atoms with E-state index < -0.39 is 0 Å². The largest absolute Gasteiger partial charge is 0.455 e. The first kappa shape index (κ1) is 25.3. The molecule has 0 fully saturated rings. The lowest BCUT2D eigenvalue weighted by Crippen LogP contribution is -2.09. The quantitative estimate of drug-likeness (QED) is 0.203. The Morgan fingerprint density at radius 3 is 1.62 bits per heavy atom. The number of benzene rings is 5. The Kier molecular flexibility index (Phi) is 5.74. The number of pyridine rings is 2. The van der Waals surface area contributed by atoms with Crippen LogP contribution in [-0.2, 0) is 0 Å². The molecule has 5 nitrogen and oxygen atoms in total.